The third-order valence-corrected chi connectivity index (χ3v) is 0.447. The number of rotatable bonds is 0. The van der Waals surface area contributed by atoms with Gasteiger partial charge in [0.2, 0.25) is 0 Å². The Kier molecular flexibility index (Phi) is 0.283. The number of nitrogens with two attached hydrogens (primary N) is 1. The molecule has 1 aliphatic rings. The standard InChI is InChI=1S/C3H4N2/c4-3-1-5-2-3/h1-2H,4H2. The van der Waals surface area contributed by atoms with E-state index in [2.05, 4.69) is 4.99 Å². The summed E-state index contributed by atoms with van der Waals surface area (Å²) in [6.07, 6.45) is 3.22. The molecule has 2 heteroatoms. The zero-order chi connectivity index (χ0) is 3.70. The fourth-order valence-corrected chi connectivity index (χ4v) is 0.161. The zero-order valence-electron chi connectivity index (χ0n) is 2.68. The molecule has 0 unspecified atom stereocenters. The summed E-state index contributed by atoms with van der Waals surface area (Å²) in [5.74, 6) is 0. The second-order valence-electron chi connectivity index (χ2n) is 0.907. The lowest BCUT2D eigenvalue weighted by atomic mass is 10.5. The largest absolute Gasteiger partial charge is 0.396 e. The summed E-state index contributed by atoms with van der Waals surface area (Å²) >= 11 is 0. The molecule has 0 atom stereocenters. The van der Waals surface area contributed by atoms with Crippen LogP contribution in [0.5, 0.6) is 0 Å². The number of nitrogens with zero attached hydrogens (tertiary/aromatic N) is 1. The Bertz CT molecular complexity index is 91.1. The Hall–Kier alpha value is -0.790. The highest BCUT2D eigenvalue weighted by Gasteiger charge is 1.85. The first-order chi connectivity index (χ1) is 2.39. The second kappa shape index (κ2) is 0.578. The highest BCUT2D eigenvalue weighted by Crippen LogP contribution is 1.88. The minimum Gasteiger partial charge on any atom is -0.396 e. The van der Waals surface area contributed by atoms with Gasteiger partial charge >= 0.3 is 0 Å². The van der Waals surface area contributed by atoms with Crippen molar-refractivity contribution >= 4 is 6.21 Å². The maximum absolute atomic E-state index is 5.09. The molecule has 2 N–H and O–H groups in total. The number of hydrogen-bond donors (Lipinski definition) is 1. The number of aliphatic imine (C=N–C) groups is 1. The maximum atomic E-state index is 5.09. The molecule has 0 saturated carbocycles. The van der Waals surface area contributed by atoms with Crippen LogP contribution < -0.4 is 5.73 Å². The fourth-order valence-electron chi connectivity index (χ4n) is 0.161. The summed E-state index contributed by atoms with van der Waals surface area (Å²) in [4.78, 5) is 3.59. The van der Waals surface area contributed by atoms with Gasteiger partial charge in [-0.15, -0.1) is 0 Å². The van der Waals surface area contributed by atoms with Gasteiger partial charge in [0.25, 0.3) is 0 Å². The average molecular weight is 68.1 g/mol. The smallest absolute Gasteiger partial charge is 0.0685 e. The van der Waals surface area contributed by atoms with E-state index in [1.54, 1.807) is 12.4 Å². The van der Waals surface area contributed by atoms with Gasteiger partial charge in [-0.25, -0.2) is 0 Å². The first kappa shape index (κ1) is 2.45. The third kappa shape index (κ3) is 0.173. The van der Waals surface area contributed by atoms with E-state index in [0.717, 1.165) is 5.70 Å². The summed E-state index contributed by atoms with van der Waals surface area (Å²) in [6.45, 7) is 0. The Morgan fingerprint density at radius 1 is 1.80 bits per heavy atom. The summed E-state index contributed by atoms with van der Waals surface area (Å²) in [5, 5.41) is 0. The quantitative estimate of drug-likeness (QED) is 0.422. The van der Waals surface area contributed by atoms with Crippen LogP contribution in [-0.2, 0) is 0 Å². The SMILES string of the molecule is NC1=CN=C1. The topological polar surface area (TPSA) is 38.4 Å². The lowest BCUT2D eigenvalue weighted by Crippen LogP contribution is -2.02. The molecule has 2 nitrogen and oxygen atoms in total. The maximum Gasteiger partial charge on any atom is 0.0685 e. The van der Waals surface area contributed by atoms with Gasteiger partial charge in [-0.05, 0) is 0 Å². The lowest BCUT2D eigenvalue weighted by molar-refractivity contribution is 1.35. The van der Waals surface area contributed by atoms with E-state index in [0.29, 0.717) is 0 Å². The van der Waals surface area contributed by atoms with Crippen LogP contribution in [0.25, 0.3) is 0 Å². The molecule has 1 rings (SSSR count). The molecule has 1 aliphatic heterocycles. The lowest BCUT2D eigenvalue weighted by Gasteiger charge is -1.92. The molecule has 0 spiro atoms. The summed E-state index contributed by atoms with van der Waals surface area (Å²) in [7, 11) is 0. The summed E-state index contributed by atoms with van der Waals surface area (Å²) < 4.78 is 0. The van der Waals surface area contributed by atoms with Gasteiger partial charge in [0.1, 0.15) is 0 Å². The van der Waals surface area contributed by atoms with Gasteiger partial charge in [0.15, 0.2) is 0 Å². The van der Waals surface area contributed by atoms with Crippen molar-refractivity contribution in [2.75, 3.05) is 0 Å². The molecule has 0 bridgehead atoms. The molecular formula is C3H4N2. The van der Waals surface area contributed by atoms with Gasteiger partial charge in [-0.1, -0.05) is 0 Å². The Morgan fingerprint density at radius 3 is 2.20 bits per heavy atom. The summed E-state index contributed by atoms with van der Waals surface area (Å²) in [5.41, 5.74) is 5.86. The Labute approximate surface area is 30.0 Å². The van der Waals surface area contributed by atoms with Crippen molar-refractivity contribution in [2.24, 2.45) is 10.7 Å². The third-order valence-electron chi connectivity index (χ3n) is 0.447. The van der Waals surface area contributed by atoms with Crippen molar-refractivity contribution in [2.45, 2.75) is 0 Å². The normalized spacial score (nSPS) is 17.2. The van der Waals surface area contributed by atoms with Gasteiger partial charge in [-0.3, -0.25) is 4.99 Å². The van der Waals surface area contributed by atoms with Crippen molar-refractivity contribution in [1.29, 1.82) is 0 Å². The van der Waals surface area contributed by atoms with Crippen LogP contribution in [-0.4, -0.2) is 6.21 Å². The fraction of sp³-hybridized carbons (Fsp3) is 0. The van der Waals surface area contributed by atoms with E-state index in [-0.39, 0.29) is 0 Å². The van der Waals surface area contributed by atoms with Crippen LogP contribution in [0.2, 0.25) is 0 Å². The van der Waals surface area contributed by atoms with E-state index in [1.807, 2.05) is 0 Å². The molecular weight excluding hydrogens is 64.0 g/mol. The van der Waals surface area contributed by atoms with Crippen LogP contribution in [0.4, 0.5) is 0 Å². The predicted molar refractivity (Wildman–Crippen MR) is 20.8 cm³/mol. The molecule has 0 fully saturated rings. The van der Waals surface area contributed by atoms with Gasteiger partial charge < -0.3 is 5.73 Å². The van der Waals surface area contributed by atoms with Crippen molar-refractivity contribution in [3.8, 4) is 0 Å². The van der Waals surface area contributed by atoms with E-state index in [1.165, 1.54) is 0 Å². The summed E-state index contributed by atoms with van der Waals surface area (Å²) in [6, 6.07) is 0. The van der Waals surface area contributed by atoms with E-state index in [9.17, 15) is 0 Å². The molecule has 1 heterocycles. The minimum atomic E-state index is 0.769. The van der Waals surface area contributed by atoms with E-state index in [4.69, 9.17) is 5.73 Å². The molecule has 26 valence electrons. The molecule has 0 radical (unpaired) electrons. The van der Waals surface area contributed by atoms with Crippen LogP contribution in [0.1, 0.15) is 0 Å². The van der Waals surface area contributed by atoms with Crippen LogP contribution in [0, 0.1) is 0 Å². The molecule has 0 amide bonds. The van der Waals surface area contributed by atoms with Gasteiger partial charge in [0, 0.05) is 0 Å². The highest BCUT2D eigenvalue weighted by atomic mass is 14.8. The molecule has 5 heavy (non-hydrogen) atoms. The zero-order valence-corrected chi connectivity index (χ0v) is 2.68. The first-order valence-electron chi connectivity index (χ1n) is 1.38. The first-order valence-corrected chi connectivity index (χ1v) is 1.38. The highest BCUT2D eigenvalue weighted by molar-refractivity contribution is 5.82. The number of allylic oxidation sites excluding steroid dienone is 1. The monoisotopic (exact) mass is 68.0 g/mol. The Morgan fingerprint density at radius 2 is 2.20 bits per heavy atom. The van der Waals surface area contributed by atoms with Crippen molar-refractivity contribution in [3.63, 3.8) is 0 Å². The second-order valence-corrected chi connectivity index (χ2v) is 0.907. The minimum absolute atomic E-state index is 0.769. The Balaban J connectivity index is 2.60. The van der Waals surface area contributed by atoms with E-state index >= 15 is 0 Å². The molecule has 0 aromatic carbocycles. The predicted octanol–water partition coefficient (Wildman–Crippen LogP) is -0.129. The average Bonchev–Trinajstić information content (AvgIpc) is 1.30. The van der Waals surface area contributed by atoms with Crippen LogP contribution in [0.15, 0.2) is 16.9 Å². The van der Waals surface area contributed by atoms with Crippen LogP contribution >= 0.6 is 0 Å². The molecule has 0 saturated heterocycles. The number of hydrogen-bond acceptors (Lipinski definition) is 2. The van der Waals surface area contributed by atoms with Crippen LogP contribution in [0.3, 0.4) is 0 Å². The van der Waals surface area contributed by atoms with Crippen molar-refractivity contribution < 1.29 is 0 Å². The van der Waals surface area contributed by atoms with Crippen molar-refractivity contribution in [3.05, 3.63) is 11.9 Å². The molecule has 0 aromatic rings. The molecule has 0 aromatic heterocycles. The van der Waals surface area contributed by atoms with Gasteiger partial charge in [-0.2, -0.15) is 0 Å². The van der Waals surface area contributed by atoms with Crippen molar-refractivity contribution in [1.82, 2.24) is 0 Å². The molecule has 0 aliphatic carbocycles. The van der Waals surface area contributed by atoms with E-state index < -0.39 is 0 Å². The van der Waals surface area contributed by atoms with Gasteiger partial charge in [0.05, 0.1) is 18.1 Å².